The van der Waals surface area contributed by atoms with Crippen LogP contribution in [0.25, 0.3) is 0 Å². The lowest BCUT2D eigenvalue weighted by atomic mass is 10.1. The van der Waals surface area contributed by atoms with Gasteiger partial charge in [0.2, 0.25) is 11.8 Å². The first-order valence-electron chi connectivity index (χ1n) is 5.01. The van der Waals surface area contributed by atoms with Gasteiger partial charge in [0.1, 0.15) is 0 Å². The molecule has 2 amide bonds. The summed E-state index contributed by atoms with van der Waals surface area (Å²) in [5.41, 5.74) is 12.1. The number of nitrogens with one attached hydrogen (secondary N) is 1. The summed E-state index contributed by atoms with van der Waals surface area (Å²) in [7, 11) is 0. The Morgan fingerprint density at radius 1 is 1.47 bits per heavy atom. The number of carbonyl (C=O) groups is 2. The van der Waals surface area contributed by atoms with E-state index >= 15 is 0 Å². The Morgan fingerprint density at radius 2 is 2.12 bits per heavy atom. The molecule has 0 aliphatic rings. The molecular formula is C11H14IN3O2. The van der Waals surface area contributed by atoms with Gasteiger partial charge in [-0.05, 0) is 47.2 Å². The monoisotopic (exact) mass is 347 g/mol. The summed E-state index contributed by atoms with van der Waals surface area (Å²) in [6.45, 7) is 1.88. The fourth-order valence-corrected chi connectivity index (χ4v) is 1.75. The predicted octanol–water partition coefficient (Wildman–Crippen LogP) is 0.741. The van der Waals surface area contributed by atoms with Crippen LogP contribution in [0.15, 0.2) is 18.2 Å². The molecule has 0 aliphatic heterocycles. The molecule has 1 atom stereocenters. The SMILES string of the molecule is Cc1ccc(I)cc1NC(=O)C(N)CC(N)=O. The van der Waals surface area contributed by atoms with Crippen molar-refractivity contribution in [3.8, 4) is 0 Å². The Hall–Kier alpha value is -1.15. The third-order valence-corrected chi connectivity index (χ3v) is 2.89. The van der Waals surface area contributed by atoms with Crippen LogP contribution in [-0.2, 0) is 9.59 Å². The summed E-state index contributed by atoms with van der Waals surface area (Å²) in [6, 6.07) is 4.76. The van der Waals surface area contributed by atoms with Crippen LogP contribution in [0, 0.1) is 10.5 Å². The van der Waals surface area contributed by atoms with Crippen molar-refractivity contribution in [1.29, 1.82) is 0 Å². The van der Waals surface area contributed by atoms with E-state index in [9.17, 15) is 9.59 Å². The first-order valence-corrected chi connectivity index (χ1v) is 6.09. The summed E-state index contributed by atoms with van der Waals surface area (Å²) in [6.07, 6.45) is -0.158. The lowest BCUT2D eigenvalue weighted by Crippen LogP contribution is -2.39. The minimum Gasteiger partial charge on any atom is -0.370 e. The number of benzene rings is 1. The highest BCUT2D eigenvalue weighted by Crippen LogP contribution is 2.18. The topological polar surface area (TPSA) is 98.2 Å². The van der Waals surface area contributed by atoms with Gasteiger partial charge in [0.25, 0.3) is 0 Å². The Kier molecular flexibility index (Phi) is 4.88. The van der Waals surface area contributed by atoms with Gasteiger partial charge >= 0.3 is 0 Å². The zero-order chi connectivity index (χ0) is 13.0. The van der Waals surface area contributed by atoms with E-state index in [0.29, 0.717) is 5.69 Å². The van der Waals surface area contributed by atoms with E-state index in [1.165, 1.54) is 0 Å². The maximum absolute atomic E-state index is 11.7. The zero-order valence-corrected chi connectivity index (χ0v) is 11.5. The Morgan fingerprint density at radius 3 is 2.71 bits per heavy atom. The van der Waals surface area contributed by atoms with E-state index in [1.54, 1.807) is 0 Å². The molecule has 0 heterocycles. The van der Waals surface area contributed by atoms with Gasteiger partial charge in [-0.2, -0.15) is 0 Å². The average molecular weight is 347 g/mol. The number of aryl methyl sites for hydroxylation is 1. The summed E-state index contributed by atoms with van der Waals surface area (Å²) in [5, 5.41) is 2.68. The van der Waals surface area contributed by atoms with E-state index in [-0.39, 0.29) is 6.42 Å². The number of halogens is 1. The van der Waals surface area contributed by atoms with Gasteiger partial charge in [0.05, 0.1) is 12.5 Å². The Labute approximate surface area is 113 Å². The summed E-state index contributed by atoms with van der Waals surface area (Å²) >= 11 is 2.15. The molecule has 5 N–H and O–H groups in total. The molecule has 0 spiro atoms. The molecule has 0 saturated heterocycles. The van der Waals surface area contributed by atoms with Crippen molar-refractivity contribution in [2.75, 3.05) is 5.32 Å². The number of hydrogen-bond donors (Lipinski definition) is 3. The normalized spacial score (nSPS) is 11.9. The minimum atomic E-state index is -0.912. The van der Waals surface area contributed by atoms with E-state index in [4.69, 9.17) is 11.5 Å². The fourth-order valence-electron chi connectivity index (χ4n) is 1.26. The van der Waals surface area contributed by atoms with Crippen molar-refractivity contribution in [1.82, 2.24) is 0 Å². The van der Waals surface area contributed by atoms with Gasteiger partial charge < -0.3 is 16.8 Å². The molecule has 1 aromatic carbocycles. The largest absolute Gasteiger partial charge is 0.370 e. The second-order valence-corrected chi connectivity index (χ2v) is 4.97. The number of primary amides is 1. The van der Waals surface area contributed by atoms with E-state index in [0.717, 1.165) is 9.13 Å². The Bertz CT molecular complexity index is 448. The van der Waals surface area contributed by atoms with Crippen LogP contribution in [0.5, 0.6) is 0 Å². The summed E-state index contributed by atoms with van der Waals surface area (Å²) in [4.78, 5) is 22.3. The molecule has 1 aromatic rings. The first kappa shape index (κ1) is 13.9. The van der Waals surface area contributed by atoms with Crippen molar-refractivity contribution in [3.63, 3.8) is 0 Å². The van der Waals surface area contributed by atoms with Gasteiger partial charge in [-0.3, -0.25) is 9.59 Å². The maximum atomic E-state index is 11.7. The number of hydrogen-bond acceptors (Lipinski definition) is 3. The molecule has 0 bridgehead atoms. The Balaban J connectivity index is 2.73. The second-order valence-electron chi connectivity index (χ2n) is 3.73. The van der Waals surface area contributed by atoms with E-state index in [1.807, 2.05) is 25.1 Å². The molecular weight excluding hydrogens is 333 g/mol. The number of anilines is 1. The van der Waals surface area contributed by atoms with Crippen LogP contribution in [0.4, 0.5) is 5.69 Å². The first-order chi connectivity index (χ1) is 7.90. The molecule has 0 aromatic heterocycles. The van der Waals surface area contributed by atoms with Gasteiger partial charge in [0.15, 0.2) is 0 Å². The van der Waals surface area contributed by atoms with Gasteiger partial charge in [-0.1, -0.05) is 6.07 Å². The van der Waals surface area contributed by atoms with Gasteiger partial charge in [-0.15, -0.1) is 0 Å². The van der Waals surface area contributed by atoms with Crippen LogP contribution in [0.1, 0.15) is 12.0 Å². The molecule has 6 heteroatoms. The van der Waals surface area contributed by atoms with E-state index < -0.39 is 17.9 Å². The highest BCUT2D eigenvalue weighted by molar-refractivity contribution is 14.1. The number of carbonyl (C=O) groups excluding carboxylic acids is 2. The average Bonchev–Trinajstić information content (AvgIpc) is 2.22. The summed E-state index contributed by atoms with van der Waals surface area (Å²) < 4.78 is 1.01. The highest BCUT2D eigenvalue weighted by atomic mass is 127. The smallest absolute Gasteiger partial charge is 0.241 e. The third kappa shape index (κ3) is 4.31. The van der Waals surface area contributed by atoms with Crippen LogP contribution in [-0.4, -0.2) is 17.9 Å². The molecule has 17 heavy (non-hydrogen) atoms. The van der Waals surface area contributed by atoms with Crippen molar-refractivity contribution in [2.45, 2.75) is 19.4 Å². The third-order valence-electron chi connectivity index (χ3n) is 2.22. The standard InChI is InChI=1S/C11H14IN3O2/c1-6-2-3-7(12)4-9(6)15-11(17)8(13)5-10(14)16/h2-4,8H,5,13H2,1H3,(H2,14,16)(H,15,17). The number of nitrogens with two attached hydrogens (primary N) is 2. The van der Waals surface area contributed by atoms with Crippen molar-refractivity contribution in [2.24, 2.45) is 11.5 Å². The maximum Gasteiger partial charge on any atom is 0.241 e. The van der Waals surface area contributed by atoms with Crippen LogP contribution in [0.2, 0.25) is 0 Å². The van der Waals surface area contributed by atoms with Crippen molar-refractivity contribution >= 4 is 40.1 Å². The predicted molar refractivity (Wildman–Crippen MR) is 74.3 cm³/mol. The molecule has 0 radical (unpaired) electrons. The molecule has 5 nitrogen and oxygen atoms in total. The van der Waals surface area contributed by atoms with Gasteiger partial charge in [-0.25, -0.2) is 0 Å². The molecule has 92 valence electrons. The summed E-state index contributed by atoms with van der Waals surface area (Å²) in [5.74, 6) is -0.999. The molecule has 0 aliphatic carbocycles. The highest BCUT2D eigenvalue weighted by Gasteiger charge is 2.16. The molecule has 0 saturated carbocycles. The lowest BCUT2D eigenvalue weighted by Gasteiger charge is -2.12. The minimum absolute atomic E-state index is 0.158. The fraction of sp³-hybridized carbons (Fsp3) is 0.273. The number of rotatable bonds is 4. The molecule has 1 unspecified atom stereocenters. The quantitative estimate of drug-likeness (QED) is 0.701. The van der Waals surface area contributed by atoms with Crippen LogP contribution >= 0.6 is 22.6 Å². The van der Waals surface area contributed by atoms with Crippen LogP contribution < -0.4 is 16.8 Å². The zero-order valence-electron chi connectivity index (χ0n) is 9.37. The van der Waals surface area contributed by atoms with Crippen molar-refractivity contribution in [3.05, 3.63) is 27.3 Å². The van der Waals surface area contributed by atoms with Crippen LogP contribution in [0.3, 0.4) is 0 Å². The van der Waals surface area contributed by atoms with E-state index in [2.05, 4.69) is 27.9 Å². The lowest BCUT2D eigenvalue weighted by molar-refractivity contribution is -0.123. The molecule has 0 fully saturated rings. The van der Waals surface area contributed by atoms with Crippen molar-refractivity contribution < 1.29 is 9.59 Å². The number of amides is 2. The molecule has 1 rings (SSSR count). The van der Waals surface area contributed by atoms with Gasteiger partial charge in [0, 0.05) is 9.26 Å². The second kappa shape index (κ2) is 5.97.